The van der Waals surface area contributed by atoms with Crippen molar-refractivity contribution in [2.75, 3.05) is 0 Å². The number of aryl methyl sites for hydroxylation is 2. The van der Waals surface area contributed by atoms with E-state index >= 15 is 0 Å². The summed E-state index contributed by atoms with van der Waals surface area (Å²) >= 11 is 1.70. The average Bonchev–Trinajstić information content (AvgIpc) is 2.61. The van der Waals surface area contributed by atoms with E-state index in [0.29, 0.717) is 5.25 Å². The van der Waals surface area contributed by atoms with Gasteiger partial charge in [-0.2, -0.15) is 5.26 Å². The Morgan fingerprint density at radius 2 is 1.68 bits per heavy atom. The number of thioether (sulfide) groups is 1. The Labute approximate surface area is 119 Å². The van der Waals surface area contributed by atoms with Crippen molar-refractivity contribution < 1.29 is 0 Å². The summed E-state index contributed by atoms with van der Waals surface area (Å²) in [6.07, 6.45) is 5.79. The molecule has 1 heterocycles. The quantitative estimate of drug-likeness (QED) is 0.605. The van der Waals surface area contributed by atoms with Gasteiger partial charge in [-0.3, -0.25) is 0 Å². The first-order chi connectivity index (χ1) is 9.11. The summed E-state index contributed by atoms with van der Waals surface area (Å²) in [7, 11) is 0. The molecule has 0 aromatic carbocycles. The van der Waals surface area contributed by atoms with Crippen LogP contribution in [-0.4, -0.2) is 15.2 Å². The molecular formula is C15H21N3S. The van der Waals surface area contributed by atoms with Crippen LogP contribution in [0.1, 0.15) is 49.1 Å². The lowest BCUT2D eigenvalue weighted by atomic mass is 10.0. The first kappa shape index (κ1) is 14.3. The highest BCUT2D eigenvalue weighted by Crippen LogP contribution is 2.35. The Morgan fingerprint density at radius 3 is 2.32 bits per heavy atom. The first-order valence-electron chi connectivity index (χ1n) is 7.00. The Bertz CT molecular complexity index is 470. The average molecular weight is 275 g/mol. The number of nitriles is 1. The van der Waals surface area contributed by atoms with Gasteiger partial charge in [0.05, 0.1) is 12.0 Å². The lowest BCUT2D eigenvalue weighted by Crippen LogP contribution is -2.15. The van der Waals surface area contributed by atoms with Gasteiger partial charge < -0.3 is 0 Å². The van der Waals surface area contributed by atoms with E-state index in [9.17, 15) is 5.26 Å². The molecule has 1 aromatic rings. The molecule has 0 bridgehead atoms. The molecular weight excluding hydrogens is 254 g/mol. The van der Waals surface area contributed by atoms with Gasteiger partial charge in [0, 0.05) is 16.6 Å². The summed E-state index contributed by atoms with van der Waals surface area (Å²) < 4.78 is 0. The van der Waals surface area contributed by atoms with E-state index in [4.69, 9.17) is 0 Å². The number of nitrogens with zero attached hydrogens (tertiary/aromatic N) is 3. The summed E-state index contributed by atoms with van der Waals surface area (Å²) in [5, 5.41) is 10.5. The number of aromatic nitrogens is 2. The number of rotatable bonds is 2. The van der Waals surface area contributed by atoms with Gasteiger partial charge in [0.25, 0.3) is 0 Å². The van der Waals surface area contributed by atoms with Gasteiger partial charge in [0.15, 0.2) is 5.16 Å². The van der Waals surface area contributed by atoms with Crippen LogP contribution in [0.15, 0.2) is 5.16 Å². The summed E-state index contributed by atoms with van der Waals surface area (Å²) in [5.41, 5.74) is 3.27. The van der Waals surface area contributed by atoms with Gasteiger partial charge in [-0.25, -0.2) is 9.97 Å². The highest BCUT2D eigenvalue weighted by atomic mass is 32.2. The Morgan fingerprint density at radius 1 is 1.05 bits per heavy atom. The summed E-state index contributed by atoms with van der Waals surface area (Å²) in [6, 6.07) is 2.48. The Hall–Kier alpha value is -1.08. The van der Waals surface area contributed by atoms with Crippen LogP contribution in [0, 0.1) is 38.0 Å². The number of hydrogen-bond acceptors (Lipinski definition) is 4. The van der Waals surface area contributed by atoms with E-state index in [2.05, 4.69) is 23.0 Å². The molecule has 19 heavy (non-hydrogen) atoms. The van der Waals surface area contributed by atoms with Crippen molar-refractivity contribution in [2.24, 2.45) is 5.92 Å². The Kier molecular flexibility index (Phi) is 4.81. The van der Waals surface area contributed by atoms with Crippen LogP contribution in [0.5, 0.6) is 0 Å². The predicted octanol–water partition coefficient (Wildman–Crippen LogP) is 3.97. The van der Waals surface area contributed by atoms with Crippen LogP contribution in [-0.2, 0) is 0 Å². The van der Waals surface area contributed by atoms with E-state index in [-0.39, 0.29) is 5.92 Å². The van der Waals surface area contributed by atoms with Gasteiger partial charge in [0.2, 0.25) is 0 Å². The van der Waals surface area contributed by atoms with Crippen molar-refractivity contribution in [1.29, 1.82) is 5.26 Å². The van der Waals surface area contributed by atoms with Crippen molar-refractivity contribution in [1.82, 2.24) is 9.97 Å². The third kappa shape index (κ3) is 3.48. The molecule has 2 unspecified atom stereocenters. The normalized spacial score (nSPS) is 23.7. The Balaban J connectivity index is 2.17. The highest BCUT2D eigenvalue weighted by molar-refractivity contribution is 7.99. The fraction of sp³-hybridized carbons (Fsp3) is 0.667. The standard InChI is InChI=1S/C15H21N3S/c1-10-11(2)17-15(18-12(10)3)19-14-8-6-4-5-7-13(14)9-16/h13-14H,4-8H2,1-3H3. The third-order valence-electron chi connectivity index (χ3n) is 3.99. The monoisotopic (exact) mass is 275 g/mol. The van der Waals surface area contributed by atoms with E-state index in [1.807, 2.05) is 13.8 Å². The van der Waals surface area contributed by atoms with Crippen molar-refractivity contribution in [3.8, 4) is 6.07 Å². The zero-order valence-electron chi connectivity index (χ0n) is 11.9. The zero-order valence-corrected chi connectivity index (χ0v) is 12.8. The fourth-order valence-corrected chi connectivity index (χ4v) is 3.79. The largest absolute Gasteiger partial charge is 0.228 e. The smallest absolute Gasteiger partial charge is 0.188 e. The topological polar surface area (TPSA) is 49.6 Å². The maximum Gasteiger partial charge on any atom is 0.188 e. The molecule has 2 rings (SSSR count). The lowest BCUT2D eigenvalue weighted by molar-refractivity contribution is 0.583. The lowest BCUT2D eigenvalue weighted by Gasteiger charge is -2.18. The molecule has 2 atom stereocenters. The SMILES string of the molecule is Cc1nc(SC2CCCCCC2C#N)nc(C)c1C. The summed E-state index contributed by atoms with van der Waals surface area (Å²) in [5.74, 6) is 0.151. The molecule has 1 aliphatic rings. The van der Waals surface area contributed by atoms with Crippen molar-refractivity contribution in [3.05, 3.63) is 17.0 Å². The van der Waals surface area contributed by atoms with Crippen LogP contribution in [0.25, 0.3) is 0 Å². The molecule has 0 N–H and O–H groups in total. The molecule has 0 saturated heterocycles. The molecule has 0 amide bonds. The maximum absolute atomic E-state index is 9.31. The molecule has 1 aromatic heterocycles. The second kappa shape index (κ2) is 6.38. The van der Waals surface area contributed by atoms with Crippen LogP contribution in [0.3, 0.4) is 0 Å². The van der Waals surface area contributed by atoms with E-state index < -0.39 is 0 Å². The predicted molar refractivity (Wildman–Crippen MR) is 78.1 cm³/mol. The molecule has 3 nitrogen and oxygen atoms in total. The molecule has 0 aliphatic heterocycles. The second-order valence-corrected chi connectivity index (χ2v) is 6.54. The van der Waals surface area contributed by atoms with E-state index in [1.165, 1.54) is 24.8 Å². The van der Waals surface area contributed by atoms with Gasteiger partial charge in [-0.1, -0.05) is 31.0 Å². The fourth-order valence-electron chi connectivity index (χ4n) is 2.49. The van der Waals surface area contributed by atoms with Crippen molar-refractivity contribution in [3.63, 3.8) is 0 Å². The minimum absolute atomic E-state index is 0.151. The third-order valence-corrected chi connectivity index (χ3v) is 5.25. The van der Waals surface area contributed by atoms with E-state index in [1.54, 1.807) is 11.8 Å². The van der Waals surface area contributed by atoms with Crippen LogP contribution < -0.4 is 0 Å². The summed E-state index contributed by atoms with van der Waals surface area (Å²) in [4.78, 5) is 9.14. The van der Waals surface area contributed by atoms with Crippen molar-refractivity contribution in [2.45, 2.75) is 63.3 Å². The van der Waals surface area contributed by atoms with Crippen LogP contribution >= 0.6 is 11.8 Å². The molecule has 0 radical (unpaired) electrons. The van der Waals surface area contributed by atoms with E-state index in [0.717, 1.165) is 29.4 Å². The number of hydrogen-bond donors (Lipinski definition) is 0. The van der Waals surface area contributed by atoms with Gasteiger partial charge in [-0.15, -0.1) is 0 Å². The molecule has 1 fully saturated rings. The van der Waals surface area contributed by atoms with Gasteiger partial charge >= 0.3 is 0 Å². The summed E-state index contributed by atoms with van der Waals surface area (Å²) in [6.45, 7) is 6.12. The molecule has 0 spiro atoms. The molecule has 102 valence electrons. The van der Waals surface area contributed by atoms with Crippen molar-refractivity contribution >= 4 is 11.8 Å². The minimum Gasteiger partial charge on any atom is -0.228 e. The maximum atomic E-state index is 9.31. The first-order valence-corrected chi connectivity index (χ1v) is 7.88. The zero-order chi connectivity index (χ0) is 13.8. The second-order valence-electron chi connectivity index (χ2n) is 5.33. The minimum atomic E-state index is 0.151. The van der Waals surface area contributed by atoms with Crippen LogP contribution in [0.2, 0.25) is 0 Å². The van der Waals surface area contributed by atoms with Gasteiger partial charge in [-0.05, 0) is 39.2 Å². The van der Waals surface area contributed by atoms with Crippen LogP contribution in [0.4, 0.5) is 0 Å². The molecule has 1 aliphatic carbocycles. The molecule has 4 heteroatoms. The molecule has 1 saturated carbocycles. The highest BCUT2D eigenvalue weighted by Gasteiger charge is 2.25. The van der Waals surface area contributed by atoms with Gasteiger partial charge in [0.1, 0.15) is 0 Å².